The first-order chi connectivity index (χ1) is 9.21. The molecular weight excluding hydrogens is 252 g/mol. The minimum Gasteiger partial charge on any atom is -0.463 e. The number of nitrogens with one attached hydrogen (secondary N) is 1. The van der Waals surface area contributed by atoms with Gasteiger partial charge in [-0.05, 0) is 53.3 Å². The van der Waals surface area contributed by atoms with Crippen LogP contribution in [0.4, 0.5) is 0 Å². The van der Waals surface area contributed by atoms with Crippen molar-refractivity contribution in [3.05, 3.63) is 23.2 Å². The van der Waals surface area contributed by atoms with E-state index in [1.165, 1.54) is 5.56 Å². The van der Waals surface area contributed by atoms with Crippen LogP contribution in [0.2, 0.25) is 0 Å². The second-order valence-electron chi connectivity index (χ2n) is 7.12. The van der Waals surface area contributed by atoms with E-state index in [4.69, 9.17) is 9.15 Å². The molecule has 1 aliphatic rings. The van der Waals surface area contributed by atoms with Gasteiger partial charge in [0.15, 0.2) is 0 Å². The summed E-state index contributed by atoms with van der Waals surface area (Å²) in [5.41, 5.74) is 0.995. The standard InChI is InChI=1S/C16H28N2O2/c1-12-7-13(19-14(12)8-17-6)9-18-10-15(2,3)20-16(4,5)11-18/h7,17H,8-11H2,1-6H3. The van der Waals surface area contributed by atoms with Gasteiger partial charge in [0.25, 0.3) is 0 Å². The largest absolute Gasteiger partial charge is 0.463 e. The summed E-state index contributed by atoms with van der Waals surface area (Å²) in [5.74, 6) is 2.08. The Labute approximate surface area is 122 Å². The number of aryl methyl sites for hydroxylation is 1. The predicted octanol–water partition coefficient (Wildman–Crippen LogP) is 2.70. The van der Waals surface area contributed by atoms with E-state index in [1.54, 1.807) is 0 Å². The lowest BCUT2D eigenvalue weighted by atomic mass is 9.99. The number of nitrogens with zero attached hydrogens (tertiary/aromatic N) is 1. The summed E-state index contributed by atoms with van der Waals surface area (Å²) < 4.78 is 12.1. The average Bonchev–Trinajstić information content (AvgIpc) is 2.54. The lowest BCUT2D eigenvalue weighted by molar-refractivity contribution is -0.182. The van der Waals surface area contributed by atoms with Gasteiger partial charge >= 0.3 is 0 Å². The molecule has 0 bridgehead atoms. The Hall–Kier alpha value is -0.840. The van der Waals surface area contributed by atoms with Crippen LogP contribution >= 0.6 is 0 Å². The Morgan fingerprint density at radius 3 is 2.35 bits per heavy atom. The molecule has 1 N–H and O–H groups in total. The molecule has 2 heterocycles. The average molecular weight is 280 g/mol. The number of rotatable bonds is 4. The van der Waals surface area contributed by atoms with Gasteiger partial charge in [0.2, 0.25) is 0 Å². The molecule has 2 rings (SSSR count). The molecule has 0 atom stereocenters. The van der Waals surface area contributed by atoms with Crippen LogP contribution in [0.5, 0.6) is 0 Å². The van der Waals surface area contributed by atoms with Gasteiger partial charge < -0.3 is 14.5 Å². The maximum atomic E-state index is 6.11. The van der Waals surface area contributed by atoms with E-state index in [2.05, 4.69) is 50.9 Å². The fraction of sp³-hybridized carbons (Fsp3) is 0.750. The third-order valence-corrected chi connectivity index (χ3v) is 3.55. The molecule has 4 nitrogen and oxygen atoms in total. The van der Waals surface area contributed by atoms with Crippen molar-refractivity contribution in [2.75, 3.05) is 20.1 Å². The third kappa shape index (κ3) is 3.84. The van der Waals surface area contributed by atoms with Crippen LogP contribution in [-0.4, -0.2) is 36.2 Å². The first-order valence-corrected chi connectivity index (χ1v) is 7.36. The molecular formula is C16H28N2O2. The van der Waals surface area contributed by atoms with Crippen LogP contribution in [0.1, 0.15) is 44.8 Å². The highest BCUT2D eigenvalue weighted by atomic mass is 16.5. The second-order valence-corrected chi connectivity index (χ2v) is 7.12. The van der Waals surface area contributed by atoms with Crippen molar-refractivity contribution in [2.45, 2.75) is 58.9 Å². The van der Waals surface area contributed by atoms with Crippen molar-refractivity contribution in [2.24, 2.45) is 0 Å². The van der Waals surface area contributed by atoms with E-state index in [1.807, 2.05) is 7.05 Å². The Morgan fingerprint density at radius 1 is 1.20 bits per heavy atom. The van der Waals surface area contributed by atoms with E-state index in [-0.39, 0.29) is 11.2 Å². The summed E-state index contributed by atoms with van der Waals surface area (Å²) in [7, 11) is 1.94. The topological polar surface area (TPSA) is 37.6 Å². The number of hydrogen-bond donors (Lipinski definition) is 1. The molecule has 0 aliphatic carbocycles. The summed E-state index contributed by atoms with van der Waals surface area (Å²) in [6.07, 6.45) is 0. The zero-order valence-electron chi connectivity index (χ0n) is 13.7. The van der Waals surface area contributed by atoms with E-state index in [9.17, 15) is 0 Å². The van der Waals surface area contributed by atoms with Crippen molar-refractivity contribution < 1.29 is 9.15 Å². The molecule has 1 aromatic rings. The molecule has 1 aromatic heterocycles. The fourth-order valence-electron chi connectivity index (χ4n) is 3.28. The lowest BCUT2D eigenvalue weighted by Crippen LogP contribution is -2.56. The zero-order valence-corrected chi connectivity index (χ0v) is 13.7. The van der Waals surface area contributed by atoms with Crippen LogP contribution in [0, 0.1) is 6.92 Å². The molecule has 114 valence electrons. The van der Waals surface area contributed by atoms with Crippen molar-refractivity contribution >= 4 is 0 Å². The Morgan fingerprint density at radius 2 is 1.80 bits per heavy atom. The third-order valence-electron chi connectivity index (χ3n) is 3.55. The quantitative estimate of drug-likeness (QED) is 0.920. The molecule has 0 unspecified atom stereocenters. The summed E-state index contributed by atoms with van der Waals surface area (Å²) >= 11 is 0. The van der Waals surface area contributed by atoms with Crippen molar-refractivity contribution in [3.63, 3.8) is 0 Å². The van der Waals surface area contributed by atoms with Gasteiger partial charge in [-0.3, -0.25) is 4.90 Å². The molecule has 0 spiro atoms. The van der Waals surface area contributed by atoms with Gasteiger partial charge in [-0.1, -0.05) is 0 Å². The van der Waals surface area contributed by atoms with Crippen LogP contribution in [0.15, 0.2) is 10.5 Å². The zero-order chi connectivity index (χ0) is 15.0. The van der Waals surface area contributed by atoms with Crippen molar-refractivity contribution in [1.29, 1.82) is 0 Å². The number of furan rings is 1. The lowest BCUT2D eigenvalue weighted by Gasteiger charge is -2.47. The Bertz CT molecular complexity index is 447. The molecule has 1 aliphatic heterocycles. The Balaban J connectivity index is 2.07. The van der Waals surface area contributed by atoms with Gasteiger partial charge in [0.1, 0.15) is 11.5 Å². The fourth-order valence-corrected chi connectivity index (χ4v) is 3.28. The van der Waals surface area contributed by atoms with Crippen LogP contribution in [0.25, 0.3) is 0 Å². The summed E-state index contributed by atoms with van der Waals surface area (Å²) in [6.45, 7) is 14.2. The molecule has 0 amide bonds. The monoisotopic (exact) mass is 280 g/mol. The predicted molar refractivity (Wildman–Crippen MR) is 80.7 cm³/mol. The van der Waals surface area contributed by atoms with Gasteiger partial charge in [0.05, 0.1) is 24.3 Å². The number of morpholine rings is 1. The van der Waals surface area contributed by atoms with Gasteiger partial charge in [0, 0.05) is 13.1 Å². The molecule has 1 saturated heterocycles. The normalized spacial score (nSPS) is 22.1. The highest BCUT2D eigenvalue weighted by Gasteiger charge is 2.38. The van der Waals surface area contributed by atoms with Gasteiger partial charge in [-0.15, -0.1) is 0 Å². The van der Waals surface area contributed by atoms with E-state index < -0.39 is 0 Å². The van der Waals surface area contributed by atoms with E-state index >= 15 is 0 Å². The number of ether oxygens (including phenoxy) is 1. The van der Waals surface area contributed by atoms with Gasteiger partial charge in [-0.2, -0.15) is 0 Å². The summed E-state index contributed by atoms with van der Waals surface area (Å²) in [5, 5.41) is 3.14. The molecule has 4 heteroatoms. The van der Waals surface area contributed by atoms with Crippen molar-refractivity contribution in [3.8, 4) is 0 Å². The Kier molecular flexibility index (Phi) is 4.28. The highest BCUT2D eigenvalue weighted by Crippen LogP contribution is 2.29. The second kappa shape index (κ2) is 5.51. The highest BCUT2D eigenvalue weighted by molar-refractivity contribution is 5.20. The SMILES string of the molecule is CNCc1oc(CN2CC(C)(C)OC(C)(C)C2)cc1C. The van der Waals surface area contributed by atoms with Crippen LogP contribution in [0.3, 0.4) is 0 Å². The van der Waals surface area contributed by atoms with E-state index in [0.29, 0.717) is 0 Å². The smallest absolute Gasteiger partial charge is 0.120 e. The van der Waals surface area contributed by atoms with Crippen LogP contribution < -0.4 is 5.32 Å². The van der Waals surface area contributed by atoms with Gasteiger partial charge in [-0.25, -0.2) is 0 Å². The number of hydrogen-bond acceptors (Lipinski definition) is 4. The minimum atomic E-state index is -0.114. The molecule has 20 heavy (non-hydrogen) atoms. The molecule has 0 aromatic carbocycles. The van der Waals surface area contributed by atoms with E-state index in [0.717, 1.165) is 37.7 Å². The maximum Gasteiger partial charge on any atom is 0.120 e. The summed E-state index contributed by atoms with van der Waals surface area (Å²) in [6, 6.07) is 2.15. The summed E-state index contributed by atoms with van der Waals surface area (Å²) in [4.78, 5) is 2.42. The van der Waals surface area contributed by atoms with Crippen molar-refractivity contribution in [1.82, 2.24) is 10.2 Å². The first kappa shape index (κ1) is 15.5. The molecule has 0 saturated carbocycles. The molecule has 0 radical (unpaired) electrons. The maximum absolute atomic E-state index is 6.11. The minimum absolute atomic E-state index is 0.114. The van der Waals surface area contributed by atoms with Crippen LogP contribution in [-0.2, 0) is 17.8 Å². The first-order valence-electron chi connectivity index (χ1n) is 7.36. The molecule has 1 fully saturated rings.